The number of likely N-dealkylation sites (tertiary alicyclic amines) is 1. The van der Waals surface area contributed by atoms with E-state index in [1.165, 1.54) is 15.8 Å². The highest BCUT2D eigenvalue weighted by Crippen LogP contribution is 2.40. The number of aromatic nitrogens is 4. The Balaban J connectivity index is 0.688. The number of aryl methyl sites for hydroxylation is 1. The standard InChI is InChI=1S/C52H59N11O6/c1-52(2)25-33-24-43-51(69)62(21-20-61(43)44(33)26-52)47-40(31-64)38(10-13-53-47)35-23-41(50(68)57(3)29-35)55-45-8-5-37(27-54-45)60-18-16-59(17-19-60)36-11-14-58(15-12-36)28-32-4-6-39-34(22-32)30-63(49(39)67)42-7-9-46(65)56-48(42)66/h4-6,8,10,13,22-24,27,29,36,42,64H,7,9,11-12,14-21,25-26,28,30-31H2,1-3H3,(H,54,55)(H,56,65,66). The number of carbonyl (C=O) groups excluding carboxylic acids is 4. The van der Waals surface area contributed by atoms with Crippen LogP contribution in [0.1, 0.15) is 88.3 Å². The van der Waals surface area contributed by atoms with Crippen LogP contribution in [0, 0.1) is 5.41 Å². The zero-order chi connectivity index (χ0) is 47.7. The monoisotopic (exact) mass is 933 g/mol. The summed E-state index contributed by atoms with van der Waals surface area (Å²) in [5, 5.41) is 16.4. The molecule has 17 nitrogen and oxygen atoms in total. The van der Waals surface area contributed by atoms with E-state index in [-0.39, 0.29) is 47.6 Å². The van der Waals surface area contributed by atoms with Gasteiger partial charge in [-0.3, -0.25) is 44.0 Å². The Morgan fingerprint density at radius 2 is 1.64 bits per heavy atom. The molecule has 1 atom stereocenters. The number of carbonyl (C=O) groups is 4. The van der Waals surface area contributed by atoms with Gasteiger partial charge in [0.2, 0.25) is 11.8 Å². The number of piperazine rings is 1. The van der Waals surface area contributed by atoms with Crippen molar-refractivity contribution in [2.75, 3.05) is 60.9 Å². The molecule has 0 saturated carbocycles. The van der Waals surface area contributed by atoms with E-state index in [2.05, 4.69) is 54.8 Å². The Labute approximate surface area is 400 Å². The van der Waals surface area contributed by atoms with Crippen molar-refractivity contribution in [2.24, 2.45) is 12.5 Å². The van der Waals surface area contributed by atoms with Crippen LogP contribution in [0.15, 0.2) is 71.9 Å². The summed E-state index contributed by atoms with van der Waals surface area (Å²) < 4.78 is 3.68. The van der Waals surface area contributed by atoms with Gasteiger partial charge >= 0.3 is 0 Å². The van der Waals surface area contributed by atoms with Crippen LogP contribution in [-0.2, 0) is 55.7 Å². The molecule has 358 valence electrons. The second-order valence-electron chi connectivity index (χ2n) is 20.5. The molecule has 11 rings (SSSR count). The number of imide groups is 1. The minimum absolute atomic E-state index is 0.126. The third-order valence-corrected chi connectivity index (χ3v) is 15.3. The number of anilines is 4. The van der Waals surface area contributed by atoms with Crippen LogP contribution in [0.4, 0.5) is 23.0 Å². The van der Waals surface area contributed by atoms with Crippen LogP contribution in [0.3, 0.4) is 0 Å². The van der Waals surface area contributed by atoms with Crippen molar-refractivity contribution in [1.82, 2.24) is 39.1 Å². The molecule has 1 aromatic carbocycles. The highest BCUT2D eigenvalue weighted by atomic mass is 16.3. The fraction of sp³-hybridized carbons (Fsp3) is 0.442. The molecule has 1 unspecified atom stereocenters. The Morgan fingerprint density at radius 3 is 2.39 bits per heavy atom. The fourth-order valence-corrected chi connectivity index (χ4v) is 11.8. The number of benzene rings is 1. The fourth-order valence-electron chi connectivity index (χ4n) is 11.8. The summed E-state index contributed by atoms with van der Waals surface area (Å²) >= 11 is 0. The van der Waals surface area contributed by atoms with Crippen molar-refractivity contribution >= 4 is 46.6 Å². The average molecular weight is 934 g/mol. The Kier molecular flexibility index (Phi) is 11.5. The van der Waals surface area contributed by atoms with Crippen LogP contribution in [0.2, 0.25) is 0 Å². The average Bonchev–Trinajstić information content (AvgIpc) is 3.97. The summed E-state index contributed by atoms with van der Waals surface area (Å²) in [6.45, 7) is 12.2. The summed E-state index contributed by atoms with van der Waals surface area (Å²) in [6.07, 6.45) is 9.92. The summed E-state index contributed by atoms with van der Waals surface area (Å²) in [7, 11) is 1.70. The first-order valence-corrected chi connectivity index (χ1v) is 24.3. The minimum Gasteiger partial charge on any atom is -0.392 e. The Hall–Kier alpha value is -6.69. The normalized spacial score (nSPS) is 20.9. The highest BCUT2D eigenvalue weighted by Gasteiger charge is 2.40. The predicted molar refractivity (Wildman–Crippen MR) is 260 cm³/mol. The molecule has 9 heterocycles. The maximum atomic E-state index is 14.0. The second-order valence-corrected chi connectivity index (χ2v) is 20.5. The number of hydrogen-bond acceptors (Lipinski definition) is 12. The lowest BCUT2D eigenvalue weighted by Gasteiger charge is -2.43. The first-order chi connectivity index (χ1) is 33.3. The zero-order valence-corrected chi connectivity index (χ0v) is 39.5. The molecule has 3 fully saturated rings. The Bertz CT molecular complexity index is 2940. The topological polar surface area (TPSA) is 181 Å². The molecule has 1 aliphatic carbocycles. The summed E-state index contributed by atoms with van der Waals surface area (Å²) in [5.74, 6) is 0.0196. The molecule has 0 bridgehead atoms. The molecule has 6 aliphatic rings. The minimum atomic E-state index is -0.608. The number of pyridine rings is 3. The smallest absolute Gasteiger partial charge is 0.276 e. The van der Waals surface area contributed by atoms with Crippen molar-refractivity contribution in [3.8, 4) is 11.1 Å². The van der Waals surface area contributed by atoms with E-state index in [0.717, 1.165) is 88.3 Å². The van der Waals surface area contributed by atoms with Gasteiger partial charge in [-0.2, -0.15) is 0 Å². The van der Waals surface area contributed by atoms with E-state index in [1.54, 1.807) is 35.3 Å². The summed E-state index contributed by atoms with van der Waals surface area (Å²) in [4.78, 5) is 84.9. The summed E-state index contributed by atoms with van der Waals surface area (Å²) in [6, 6.07) is 15.5. The molecule has 5 aromatic rings. The van der Waals surface area contributed by atoms with Gasteiger partial charge in [-0.25, -0.2) is 9.97 Å². The van der Waals surface area contributed by atoms with Gasteiger partial charge in [0.05, 0.1) is 18.5 Å². The quantitative estimate of drug-likeness (QED) is 0.170. The van der Waals surface area contributed by atoms with Gasteiger partial charge in [0.25, 0.3) is 17.4 Å². The van der Waals surface area contributed by atoms with Crippen LogP contribution in [0.5, 0.6) is 0 Å². The molecule has 17 heteroatoms. The third kappa shape index (κ3) is 8.39. The second kappa shape index (κ2) is 17.7. The number of fused-ring (bicyclic) bond motifs is 4. The van der Waals surface area contributed by atoms with Gasteiger partial charge in [0.1, 0.15) is 29.1 Å². The molecular formula is C52H59N11O6. The summed E-state index contributed by atoms with van der Waals surface area (Å²) in [5.41, 5.74) is 9.12. The number of aliphatic hydroxyl groups is 1. The Morgan fingerprint density at radius 1 is 0.826 bits per heavy atom. The predicted octanol–water partition coefficient (Wildman–Crippen LogP) is 4.21. The van der Waals surface area contributed by atoms with Gasteiger partial charge in [-0.1, -0.05) is 26.0 Å². The number of nitrogens with zero attached hydrogens (tertiary/aromatic N) is 9. The largest absolute Gasteiger partial charge is 0.392 e. The van der Waals surface area contributed by atoms with E-state index >= 15 is 0 Å². The van der Waals surface area contributed by atoms with E-state index in [9.17, 15) is 29.1 Å². The highest BCUT2D eigenvalue weighted by molar-refractivity contribution is 6.07. The van der Waals surface area contributed by atoms with Crippen molar-refractivity contribution in [3.63, 3.8) is 0 Å². The number of piperidine rings is 2. The molecule has 3 saturated heterocycles. The first kappa shape index (κ1) is 44.8. The molecule has 5 aliphatic heterocycles. The maximum Gasteiger partial charge on any atom is 0.276 e. The first-order valence-electron chi connectivity index (χ1n) is 24.3. The lowest BCUT2D eigenvalue weighted by Crippen LogP contribution is -2.53. The van der Waals surface area contributed by atoms with Gasteiger partial charge < -0.3 is 29.4 Å². The van der Waals surface area contributed by atoms with Crippen LogP contribution >= 0.6 is 0 Å². The number of rotatable bonds is 10. The van der Waals surface area contributed by atoms with Crippen molar-refractivity contribution in [1.29, 1.82) is 0 Å². The van der Waals surface area contributed by atoms with Gasteiger partial charge in [0, 0.05) is 107 Å². The van der Waals surface area contributed by atoms with Crippen molar-refractivity contribution < 1.29 is 24.3 Å². The number of hydrogen-bond donors (Lipinski definition) is 3. The van der Waals surface area contributed by atoms with Gasteiger partial charge in [-0.05, 0) is 109 Å². The molecule has 0 radical (unpaired) electrons. The number of nitrogens with one attached hydrogen (secondary N) is 2. The lowest BCUT2D eigenvalue weighted by atomic mass is 9.90. The van der Waals surface area contributed by atoms with Crippen LogP contribution in [-0.4, -0.2) is 120 Å². The molecule has 4 aromatic heterocycles. The van der Waals surface area contributed by atoms with Crippen LogP contribution in [0.25, 0.3) is 11.1 Å². The van der Waals surface area contributed by atoms with Gasteiger partial charge in [0.15, 0.2) is 0 Å². The lowest BCUT2D eigenvalue weighted by molar-refractivity contribution is -0.136. The van der Waals surface area contributed by atoms with E-state index in [4.69, 9.17) is 4.98 Å². The molecule has 4 amide bonds. The van der Waals surface area contributed by atoms with Crippen molar-refractivity contribution in [2.45, 2.75) is 90.7 Å². The zero-order valence-electron chi connectivity index (χ0n) is 39.5. The SMILES string of the molecule is Cn1cc(-c2ccnc(N3CCn4c(cc5c4CC(C)(C)C5)C3=O)c2CO)cc(Nc2ccc(N3CCN(C4CCN(Cc5ccc6c(c5)CN(C5CCC(=O)NC5=O)C6=O)CC4)CC3)cn2)c1=O. The number of amides is 4. The maximum absolute atomic E-state index is 14.0. The van der Waals surface area contributed by atoms with Crippen LogP contribution < -0.4 is 26.0 Å². The van der Waals surface area contributed by atoms with Crippen molar-refractivity contribution in [3.05, 3.63) is 117 Å². The van der Waals surface area contributed by atoms with E-state index in [0.29, 0.717) is 77.4 Å². The molecule has 3 N–H and O–H groups in total. The van der Waals surface area contributed by atoms with Gasteiger partial charge in [-0.15, -0.1) is 0 Å². The molecular weight excluding hydrogens is 875 g/mol. The number of aliphatic hydroxyl groups excluding tert-OH is 1. The van der Waals surface area contributed by atoms with E-state index in [1.807, 2.05) is 42.6 Å². The molecule has 69 heavy (non-hydrogen) atoms. The molecule has 0 spiro atoms. The third-order valence-electron chi connectivity index (χ3n) is 15.3. The van der Waals surface area contributed by atoms with E-state index < -0.39 is 6.04 Å².